The van der Waals surface area contributed by atoms with Crippen LogP contribution in [0.5, 0.6) is 5.75 Å². The fraction of sp³-hybridized carbons (Fsp3) is 0.240. The zero-order chi connectivity index (χ0) is 20.1. The van der Waals surface area contributed by atoms with Gasteiger partial charge in [0.05, 0.1) is 13.7 Å². The minimum absolute atomic E-state index is 0.159. The Morgan fingerprint density at radius 1 is 0.931 bits per heavy atom. The van der Waals surface area contributed by atoms with E-state index in [2.05, 4.69) is 35.2 Å². The van der Waals surface area contributed by atoms with Gasteiger partial charge in [-0.25, -0.2) is 0 Å². The van der Waals surface area contributed by atoms with E-state index in [1.54, 1.807) is 7.11 Å². The second kappa shape index (κ2) is 8.82. The van der Waals surface area contributed by atoms with E-state index in [9.17, 15) is 4.79 Å². The van der Waals surface area contributed by atoms with Crippen LogP contribution >= 0.6 is 0 Å². The van der Waals surface area contributed by atoms with Crippen LogP contribution in [0.15, 0.2) is 78.9 Å². The summed E-state index contributed by atoms with van der Waals surface area (Å²) < 4.78 is 5.28. The zero-order valence-electron chi connectivity index (χ0n) is 16.8. The maximum absolute atomic E-state index is 13.2. The molecule has 0 saturated carbocycles. The van der Waals surface area contributed by atoms with Gasteiger partial charge in [-0.15, -0.1) is 0 Å². The number of ether oxygens (including phenoxy) is 1. The van der Waals surface area contributed by atoms with Gasteiger partial charge in [0.25, 0.3) is 0 Å². The van der Waals surface area contributed by atoms with Crippen LogP contribution in [-0.2, 0) is 24.3 Å². The van der Waals surface area contributed by atoms with Gasteiger partial charge in [-0.3, -0.25) is 4.79 Å². The van der Waals surface area contributed by atoms with Gasteiger partial charge in [0, 0.05) is 25.3 Å². The minimum Gasteiger partial charge on any atom is -0.497 e. The van der Waals surface area contributed by atoms with Crippen LogP contribution in [0.3, 0.4) is 0 Å². The average molecular weight is 386 g/mol. The van der Waals surface area contributed by atoms with Crippen molar-refractivity contribution in [1.29, 1.82) is 0 Å². The molecule has 1 amide bonds. The summed E-state index contributed by atoms with van der Waals surface area (Å²) in [6.45, 7) is 2.50. The Bertz CT molecular complexity index is 954. The predicted octanol–water partition coefficient (Wildman–Crippen LogP) is 4.29. The smallest absolute Gasteiger partial charge is 0.242 e. The largest absolute Gasteiger partial charge is 0.497 e. The molecule has 3 aromatic carbocycles. The highest BCUT2D eigenvalue weighted by molar-refractivity contribution is 5.82. The molecular weight excluding hydrogens is 360 g/mol. The lowest BCUT2D eigenvalue weighted by Crippen LogP contribution is -2.42. The number of benzene rings is 3. The van der Waals surface area contributed by atoms with E-state index in [-0.39, 0.29) is 5.91 Å². The summed E-state index contributed by atoms with van der Waals surface area (Å²) in [5.74, 6) is 0.971. The highest BCUT2D eigenvalue weighted by atomic mass is 16.5. The van der Waals surface area contributed by atoms with Crippen LogP contribution < -0.4 is 9.64 Å². The third-order valence-corrected chi connectivity index (χ3v) is 5.46. The molecule has 4 nitrogen and oxygen atoms in total. The van der Waals surface area contributed by atoms with Crippen LogP contribution in [0, 0.1) is 0 Å². The molecule has 0 unspecified atom stereocenters. The summed E-state index contributed by atoms with van der Waals surface area (Å²) in [4.78, 5) is 17.3. The third kappa shape index (κ3) is 4.60. The first kappa shape index (κ1) is 19.1. The topological polar surface area (TPSA) is 32.8 Å². The van der Waals surface area contributed by atoms with Crippen molar-refractivity contribution >= 4 is 11.6 Å². The number of rotatable bonds is 6. The Kier molecular flexibility index (Phi) is 5.80. The molecule has 1 heterocycles. The van der Waals surface area contributed by atoms with Gasteiger partial charge in [0.15, 0.2) is 0 Å². The van der Waals surface area contributed by atoms with E-state index in [4.69, 9.17) is 4.74 Å². The van der Waals surface area contributed by atoms with Gasteiger partial charge in [-0.05, 0) is 47.4 Å². The first-order chi connectivity index (χ1) is 14.2. The number of amides is 1. The van der Waals surface area contributed by atoms with E-state index in [0.29, 0.717) is 19.6 Å². The molecule has 0 fully saturated rings. The summed E-state index contributed by atoms with van der Waals surface area (Å²) in [5.41, 5.74) is 4.81. The number of carbonyl (C=O) groups excluding carboxylic acids is 1. The van der Waals surface area contributed by atoms with Crippen molar-refractivity contribution in [2.75, 3.05) is 25.1 Å². The summed E-state index contributed by atoms with van der Waals surface area (Å²) in [6.07, 6.45) is 0.920. The molecule has 4 heteroatoms. The summed E-state index contributed by atoms with van der Waals surface area (Å²) in [7, 11) is 1.66. The molecular formula is C25H26N2O2. The van der Waals surface area contributed by atoms with Crippen molar-refractivity contribution in [3.05, 3.63) is 95.6 Å². The molecule has 0 saturated heterocycles. The number of hydrogen-bond acceptors (Lipinski definition) is 3. The van der Waals surface area contributed by atoms with E-state index >= 15 is 0 Å². The van der Waals surface area contributed by atoms with Crippen molar-refractivity contribution in [3.63, 3.8) is 0 Å². The molecule has 3 aromatic rings. The van der Waals surface area contributed by atoms with Gasteiger partial charge in [0.2, 0.25) is 5.91 Å². The van der Waals surface area contributed by atoms with Crippen LogP contribution in [0.2, 0.25) is 0 Å². The highest BCUT2D eigenvalue weighted by Crippen LogP contribution is 2.23. The van der Waals surface area contributed by atoms with Crippen molar-refractivity contribution < 1.29 is 9.53 Å². The highest BCUT2D eigenvalue weighted by Gasteiger charge is 2.22. The third-order valence-electron chi connectivity index (χ3n) is 5.46. The van der Waals surface area contributed by atoms with E-state index in [1.165, 1.54) is 16.7 Å². The molecule has 0 N–H and O–H groups in total. The molecule has 4 rings (SSSR count). The maximum atomic E-state index is 13.2. The second-order valence-corrected chi connectivity index (χ2v) is 7.37. The number of anilines is 1. The van der Waals surface area contributed by atoms with E-state index in [0.717, 1.165) is 24.4 Å². The first-order valence-corrected chi connectivity index (χ1v) is 10.0. The predicted molar refractivity (Wildman–Crippen MR) is 116 cm³/mol. The van der Waals surface area contributed by atoms with Crippen molar-refractivity contribution in [3.8, 4) is 5.75 Å². The molecule has 0 spiro atoms. The average Bonchev–Trinajstić information content (AvgIpc) is 2.79. The number of methoxy groups -OCH3 is 1. The fourth-order valence-electron chi connectivity index (χ4n) is 3.81. The molecule has 0 atom stereocenters. The lowest BCUT2D eigenvalue weighted by molar-refractivity contribution is -0.130. The number of hydrogen-bond donors (Lipinski definition) is 0. The standard InChI is InChI=1S/C25H26N2O2/c1-29-24-13-11-23(12-14-24)27(17-20-7-3-2-4-8-20)19-25(28)26-16-15-21-9-5-6-10-22(21)18-26/h2-14H,15-19H2,1H3. The van der Waals surface area contributed by atoms with Crippen LogP contribution in [0.1, 0.15) is 16.7 Å². The quantitative estimate of drug-likeness (QED) is 0.634. The molecule has 0 aliphatic carbocycles. The molecule has 0 aromatic heterocycles. The molecule has 1 aliphatic heterocycles. The number of carbonyl (C=O) groups is 1. The van der Waals surface area contributed by atoms with Crippen molar-refractivity contribution in [2.45, 2.75) is 19.5 Å². The van der Waals surface area contributed by atoms with Gasteiger partial charge < -0.3 is 14.5 Å². The second-order valence-electron chi connectivity index (χ2n) is 7.37. The van der Waals surface area contributed by atoms with Crippen LogP contribution in [0.4, 0.5) is 5.69 Å². The minimum atomic E-state index is 0.159. The summed E-state index contributed by atoms with van der Waals surface area (Å²) >= 11 is 0. The Hall–Kier alpha value is -3.27. The Labute approximate surface area is 172 Å². The Morgan fingerprint density at radius 3 is 2.34 bits per heavy atom. The first-order valence-electron chi connectivity index (χ1n) is 10.0. The molecule has 1 aliphatic rings. The zero-order valence-corrected chi connectivity index (χ0v) is 16.8. The van der Waals surface area contributed by atoms with Crippen molar-refractivity contribution in [2.24, 2.45) is 0 Å². The SMILES string of the molecule is COc1ccc(N(CC(=O)N2CCc3ccccc3C2)Cc2ccccc2)cc1. The number of fused-ring (bicyclic) bond motifs is 1. The van der Waals surface area contributed by atoms with E-state index in [1.807, 2.05) is 53.4 Å². The van der Waals surface area contributed by atoms with E-state index < -0.39 is 0 Å². The normalized spacial score (nSPS) is 12.9. The van der Waals surface area contributed by atoms with Gasteiger partial charge in [-0.1, -0.05) is 54.6 Å². The fourth-order valence-corrected chi connectivity index (χ4v) is 3.81. The van der Waals surface area contributed by atoms with Crippen molar-refractivity contribution in [1.82, 2.24) is 4.90 Å². The monoisotopic (exact) mass is 386 g/mol. The molecule has 148 valence electrons. The van der Waals surface area contributed by atoms with Crippen LogP contribution in [0.25, 0.3) is 0 Å². The van der Waals surface area contributed by atoms with Gasteiger partial charge in [-0.2, -0.15) is 0 Å². The maximum Gasteiger partial charge on any atom is 0.242 e. The molecule has 0 radical (unpaired) electrons. The summed E-state index contributed by atoms with van der Waals surface area (Å²) in [6, 6.07) is 26.6. The molecule has 0 bridgehead atoms. The Morgan fingerprint density at radius 2 is 1.62 bits per heavy atom. The lowest BCUT2D eigenvalue weighted by Gasteiger charge is -2.32. The van der Waals surface area contributed by atoms with Crippen LogP contribution in [-0.4, -0.2) is 31.0 Å². The van der Waals surface area contributed by atoms with Gasteiger partial charge >= 0.3 is 0 Å². The van der Waals surface area contributed by atoms with Gasteiger partial charge in [0.1, 0.15) is 5.75 Å². The summed E-state index contributed by atoms with van der Waals surface area (Å²) in [5, 5.41) is 0. The number of nitrogens with zero attached hydrogens (tertiary/aromatic N) is 2. The molecule has 29 heavy (non-hydrogen) atoms. The Balaban J connectivity index is 1.52. The lowest BCUT2D eigenvalue weighted by atomic mass is 10.00.